The van der Waals surface area contributed by atoms with Gasteiger partial charge >= 0.3 is 12.1 Å². The van der Waals surface area contributed by atoms with E-state index in [1.54, 1.807) is 0 Å². The van der Waals surface area contributed by atoms with E-state index in [-0.39, 0.29) is 6.02 Å². The number of carbonyl (C=O) groups excluding carboxylic acids is 1. The lowest BCUT2D eigenvalue weighted by Gasteiger charge is -2.08. The van der Waals surface area contributed by atoms with Crippen molar-refractivity contribution in [3.63, 3.8) is 0 Å². The van der Waals surface area contributed by atoms with E-state index in [9.17, 15) is 4.79 Å². The van der Waals surface area contributed by atoms with Crippen LogP contribution in [-0.4, -0.2) is 38.4 Å². The Morgan fingerprint density at radius 1 is 1.45 bits per heavy atom. The molecule has 0 aromatic rings. The number of amidine groups is 1. The maximum Gasteiger partial charge on any atom is 0.429 e. The summed E-state index contributed by atoms with van der Waals surface area (Å²) in [6, 6.07) is -0.0992. The lowest BCUT2D eigenvalue weighted by molar-refractivity contribution is 0.133. The summed E-state index contributed by atoms with van der Waals surface area (Å²) in [6.07, 6.45) is -0.606. The minimum absolute atomic E-state index is 0.0992. The Labute approximate surface area is 64.6 Å². The van der Waals surface area contributed by atoms with Crippen LogP contribution in [0.15, 0.2) is 5.10 Å². The standard InChI is InChI=1S/C5H11N3O3/c1-8(5(9)11-3)7-4(6)10-2/h1-3H3,(H2,6,7). The van der Waals surface area contributed by atoms with Gasteiger partial charge in [0.2, 0.25) is 0 Å². The van der Waals surface area contributed by atoms with Gasteiger partial charge in [0.25, 0.3) is 0 Å². The minimum atomic E-state index is -0.606. The van der Waals surface area contributed by atoms with Crippen molar-refractivity contribution in [2.45, 2.75) is 0 Å². The normalized spacial score (nSPS) is 10.6. The average Bonchev–Trinajstić information content (AvgIpc) is 2.02. The van der Waals surface area contributed by atoms with Gasteiger partial charge in [0.05, 0.1) is 14.2 Å². The number of carbonyl (C=O) groups is 1. The van der Waals surface area contributed by atoms with Crippen LogP contribution < -0.4 is 5.73 Å². The van der Waals surface area contributed by atoms with Gasteiger partial charge in [-0.1, -0.05) is 0 Å². The summed E-state index contributed by atoms with van der Waals surface area (Å²) in [4.78, 5) is 10.6. The Kier molecular flexibility index (Phi) is 3.79. The second kappa shape index (κ2) is 4.37. The summed E-state index contributed by atoms with van der Waals surface area (Å²) in [5, 5.41) is 4.43. The van der Waals surface area contributed by atoms with Gasteiger partial charge in [-0.15, -0.1) is 5.10 Å². The summed E-state index contributed by atoms with van der Waals surface area (Å²) < 4.78 is 8.82. The zero-order chi connectivity index (χ0) is 8.85. The first kappa shape index (κ1) is 9.54. The number of nitrogens with two attached hydrogens (primary N) is 1. The first-order chi connectivity index (χ1) is 5.11. The molecule has 6 nitrogen and oxygen atoms in total. The van der Waals surface area contributed by atoms with Crippen molar-refractivity contribution < 1.29 is 14.3 Å². The Bertz CT molecular complexity index is 168. The highest BCUT2D eigenvalue weighted by atomic mass is 16.5. The van der Waals surface area contributed by atoms with E-state index in [0.29, 0.717) is 0 Å². The Hall–Kier alpha value is -1.46. The molecule has 64 valence electrons. The number of methoxy groups -OCH3 is 2. The van der Waals surface area contributed by atoms with Crippen LogP contribution in [0.5, 0.6) is 0 Å². The Balaban J connectivity index is 4.04. The van der Waals surface area contributed by atoms with Crippen molar-refractivity contribution in [2.24, 2.45) is 10.8 Å². The third-order valence-corrected chi connectivity index (χ3v) is 0.897. The zero-order valence-corrected chi connectivity index (χ0v) is 6.70. The summed E-state index contributed by atoms with van der Waals surface area (Å²) in [5.41, 5.74) is 5.14. The lowest BCUT2D eigenvalue weighted by Crippen LogP contribution is -2.26. The Morgan fingerprint density at radius 3 is 2.36 bits per heavy atom. The van der Waals surface area contributed by atoms with E-state index in [4.69, 9.17) is 5.73 Å². The molecule has 2 N–H and O–H groups in total. The largest absolute Gasteiger partial charge is 0.467 e. The number of nitrogens with zero attached hydrogens (tertiary/aromatic N) is 2. The molecule has 0 atom stereocenters. The van der Waals surface area contributed by atoms with E-state index in [1.165, 1.54) is 21.3 Å². The fraction of sp³-hybridized carbons (Fsp3) is 0.600. The first-order valence-electron chi connectivity index (χ1n) is 2.81. The maximum absolute atomic E-state index is 10.6. The second-order valence-electron chi connectivity index (χ2n) is 1.64. The molecule has 0 aliphatic heterocycles. The van der Waals surface area contributed by atoms with Gasteiger partial charge < -0.3 is 15.2 Å². The van der Waals surface area contributed by atoms with E-state index in [0.717, 1.165) is 5.01 Å². The number of rotatable bonds is 1. The topological polar surface area (TPSA) is 77.2 Å². The van der Waals surface area contributed by atoms with Gasteiger partial charge in [-0.25, -0.2) is 4.79 Å². The van der Waals surface area contributed by atoms with Crippen molar-refractivity contribution in [3.8, 4) is 0 Å². The van der Waals surface area contributed by atoms with Gasteiger partial charge in [0.15, 0.2) is 0 Å². The molecule has 0 aromatic carbocycles. The summed E-state index contributed by atoms with van der Waals surface area (Å²) in [6.45, 7) is 0. The molecule has 0 saturated heterocycles. The number of amides is 1. The van der Waals surface area contributed by atoms with Crippen molar-refractivity contribution in [1.82, 2.24) is 5.01 Å². The quantitative estimate of drug-likeness (QED) is 0.321. The van der Waals surface area contributed by atoms with Crippen LogP contribution in [0.3, 0.4) is 0 Å². The van der Waals surface area contributed by atoms with Gasteiger partial charge in [0, 0.05) is 7.05 Å². The highest BCUT2D eigenvalue weighted by molar-refractivity contribution is 5.74. The van der Waals surface area contributed by atoms with Crippen LogP contribution >= 0.6 is 0 Å². The van der Waals surface area contributed by atoms with Crippen molar-refractivity contribution in [2.75, 3.05) is 21.3 Å². The molecule has 0 radical (unpaired) electrons. The third-order valence-electron chi connectivity index (χ3n) is 0.897. The number of ether oxygens (including phenoxy) is 2. The third kappa shape index (κ3) is 3.29. The molecular weight excluding hydrogens is 150 g/mol. The predicted octanol–water partition coefficient (Wildman–Crippen LogP) is -0.439. The molecule has 0 aliphatic rings. The SMILES string of the molecule is COC(=O)N(C)/N=C(\N)OC. The highest BCUT2D eigenvalue weighted by Gasteiger charge is 2.06. The number of hydrogen-bond donors (Lipinski definition) is 1. The first-order valence-corrected chi connectivity index (χ1v) is 2.81. The predicted molar refractivity (Wildman–Crippen MR) is 38.8 cm³/mol. The van der Waals surface area contributed by atoms with E-state index in [2.05, 4.69) is 14.6 Å². The van der Waals surface area contributed by atoms with Crippen LogP contribution in [0.4, 0.5) is 4.79 Å². The van der Waals surface area contributed by atoms with Gasteiger partial charge in [-0.2, -0.15) is 5.01 Å². The molecule has 0 aromatic heterocycles. The molecular formula is C5H11N3O3. The minimum Gasteiger partial charge on any atom is -0.467 e. The average molecular weight is 161 g/mol. The molecule has 0 heterocycles. The fourth-order valence-electron chi connectivity index (χ4n) is 0.362. The lowest BCUT2D eigenvalue weighted by atomic mass is 11.0. The molecule has 11 heavy (non-hydrogen) atoms. The molecule has 0 aliphatic carbocycles. The summed E-state index contributed by atoms with van der Waals surface area (Å²) in [5.74, 6) is 0. The van der Waals surface area contributed by atoms with Crippen molar-refractivity contribution >= 4 is 12.1 Å². The zero-order valence-electron chi connectivity index (χ0n) is 6.70. The van der Waals surface area contributed by atoms with Crippen LogP contribution in [0.25, 0.3) is 0 Å². The van der Waals surface area contributed by atoms with E-state index in [1.807, 2.05) is 0 Å². The number of hydrazone groups is 1. The van der Waals surface area contributed by atoms with Gasteiger partial charge in [-0.05, 0) is 0 Å². The van der Waals surface area contributed by atoms with E-state index < -0.39 is 6.09 Å². The van der Waals surface area contributed by atoms with Crippen LogP contribution in [0.2, 0.25) is 0 Å². The van der Waals surface area contributed by atoms with Gasteiger partial charge in [-0.3, -0.25) is 0 Å². The maximum atomic E-state index is 10.6. The van der Waals surface area contributed by atoms with Crippen molar-refractivity contribution in [3.05, 3.63) is 0 Å². The fourth-order valence-corrected chi connectivity index (χ4v) is 0.362. The van der Waals surface area contributed by atoms with Crippen LogP contribution in [0, 0.1) is 0 Å². The molecule has 0 unspecified atom stereocenters. The smallest absolute Gasteiger partial charge is 0.429 e. The van der Waals surface area contributed by atoms with Crippen LogP contribution in [-0.2, 0) is 9.47 Å². The summed E-state index contributed by atoms with van der Waals surface area (Å²) >= 11 is 0. The molecule has 0 saturated carbocycles. The molecule has 0 bridgehead atoms. The molecule has 0 fully saturated rings. The molecule has 0 rings (SSSR count). The monoisotopic (exact) mass is 161 g/mol. The summed E-state index contributed by atoms with van der Waals surface area (Å²) in [7, 11) is 4.00. The molecule has 1 amide bonds. The highest BCUT2D eigenvalue weighted by Crippen LogP contribution is 1.88. The second-order valence-corrected chi connectivity index (χ2v) is 1.64. The molecule has 0 spiro atoms. The number of hydrogen-bond acceptors (Lipinski definition) is 4. The van der Waals surface area contributed by atoms with Gasteiger partial charge in [0.1, 0.15) is 0 Å². The molecule has 6 heteroatoms. The van der Waals surface area contributed by atoms with Crippen LogP contribution in [0.1, 0.15) is 0 Å². The van der Waals surface area contributed by atoms with E-state index >= 15 is 0 Å². The Morgan fingerprint density at radius 2 is 2.00 bits per heavy atom. The van der Waals surface area contributed by atoms with Crippen molar-refractivity contribution in [1.29, 1.82) is 0 Å².